The molecule has 1 atom stereocenters. The molecule has 2 N–H and O–H groups in total. The summed E-state index contributed by atoms with van der Waals surface area (Å²) in [6.07, 6.45) is -0.696. The van der Waals surface area contributed by atoms with Crippen LogP contribution < -0.4 is 10.1 Å². The zero-order valence-electron chi connectivity index (χ0n) is 10.7. The quantitative estimate of drug-likeness (QED) is 0.742. The second-order valence-corrected chi connectivity index (χ2v) is 4.02. The third kappa shape index (κ3) is 5.65. The first kappa shape index (κ1) is 14.5. The molecule has 0 aliphatic rings. The SMILES string of the molecule is COCC(O)CNC(=O)COc1cccc(C)c1. The summed E-state index contributed by atoms with van der Waals surface area (Å²) in [7, 11) is 1.49. The van der Waals surface area contributed by atoms with Gasteiger partial charge in [0.15, 0.2) is 6.61 Å². The van der Waals surface area contributed by atoms with Crippen molar-refractivity contribution in [1.82, 2.24) is 5.32 Å². The molecule has 5 heteroatoms. The second kappa shape index (κ2) is 7.68. The van der Waals surface area contributed by atoms with E-state index in [1.807, 2.05) is 25.1 Å². The number of amides is 1. The molecule has 0 aliphatic heterocycles. The van der Waals surface area contributed by atoms with Crippen LogP contribution in [0.2, 0.25) is 0 Å². The summed E-state index contributed by atoms with van der Waals surface area (Å²) in [5.74, 6) is 0.384. The van der Waals surface area contributed by atoms with Crippen LogP contribution in [0.25, 0.3) is 0 Å². The van der Waals surface area contributed by atoms with E-state index in [1.54, 1.807) is 6.07 Å². The lowest BCUT2D eigenvalue weighted by Gasteiger charge is -2.11. The predicted molar refractivity (Wildman–Crippen MR) is 67.6 cm³/mol. The lowest BCUT2D eigenvalue weighted by Crippen LogP contribution is -2.36. The van der Waals surface area contributed by atoms with Gasteiger partial charge >= 0.3 is 0 Å². The largest absolute Gasteiger partial charge is 0.484 e. The van der Waals surface area contributed by atoms with Crippen LogP contribution in [0.5, 0.6) is 5.75 Å². The fourth-order valence-corrected chi connectivity index (χ4v) is 1.39. The monoisotopic (exact) mass is 253 g/mol. The van der Waals surface area contributed by atoms with Crippen LogP contribution in [-0.2, 0) is 9.53 Å². The van der Waals surface area contributed by atoms with Crippen molar-refractivity contribution in [3.05, 3.63) is 29.8 Å². The molecule has 0 radical (unpaired) electrons. The standard InChI is InChI=1S/C13H19NO4/c1-10-4-3-5-12(6-10)18-9-13(16)14-7-11(15)8-17-2/h3-6,11,15H,7-9H2,1-2H3,(H,14,16). The van der Waals surface area contributed by atoms with Gasteiger partial charge in [-0.25, -0.2) is 0 Å². The van der Waals surface area contributed by atoms with Gasteiger partial charge in [0.05, 0.1) is 12.7 Å². The molecule has 0 aliphatic carbocycles. The molecule has 1 aromatic rings. The van der Waals surface area contributed by atoms with E-state index in [4.69, 9.17) is 9.47 Å². The van der Waals surface area contributed by atoms with Gasteiger partial charge in [-0.05, 0) is 24.6 Å². The Bertz CT molecular complexity index is 381. The van der Waals surface area contributed by atoms with Crippen LogP contribution in [-0.4, -0.2) is 44.0 Å². The molecule has 1 amide bonds. The fourth-order valence-electron chi connectivity index (χ4n) is 1.39. The number of aliphatic hydroxyl groups excluding tert-OH is 1. The molecular formula is C13H19NO4. The number of nitrogens with one attached hydrogen (secondary N) is 1. The summed E-state index contributed by atoms with van der Waals surface area (Å²) in [5.41, 5.74) is 1.07. The Hall–Kier alpha value is -1.59. The summed E-state index contributed by atoms with van der Waals surface area (Å²) in [6, 6.07) is 7.46. The maximum absolute atomic E-state index is 11.4. The number of rotatable bonds is 7. The number of hydrogen-bond acceptors (Lipinski definition) is 4. The van der Waals surface area contributed by atoms with E-state index in [0.29, 0.717) is 5.75 Å². The highest BCUT2D eigenvalue weighted by Gasteiger charge is 2.07. The van der Waals surface area contributed by atoms with Gasteiger partial charge in [-0.15, -0.1) is 0 Å². The summed E-state index contributed by atoms with van der Waals surface area (Å²) >= 11 is 0. The van der Waals surface area contributed by atoms with Crippen molar-refractivity contribution in [2.45, 2.75) is 13.0 Å². The minimum absolute atomic E-state index is 0.0663. The second-order valence-electron chi connectivity index (χ2n) is 4.02. The molecule has 0 fully saturated rings. The number of aryl methyl sites for hydroxylation is 1. The molecule has 0 saturated heterocycles. The number of methoxy groups -OCH3 is 1. The number of aliphatic hydroxyl groups is 1. The summed E-state index contributed by atoms with van der Waals surface area (Å²) < 4.78 is 10.1. The fraction of sp³-hybridized carbons (Fsp3) is 0.462. The molecule has 1 aromatic carbocycles. The summed E-state index contributed by atoms with van der Waals surface area (Å²) in [4.78, 5) is 11.4. The highest BCUT2D eigenvalue weighted by molar-refractivity contribution is 5.77. The van der Waals surface area contributed by atoms with E-state index >= 15 is 0 Å². The number of ether oxygens (including phenoxy) is 2. The Kier molecular flexibility index (Phi) is 6.18. The van der Waals surface area contributed by atoms with Crippen molar-refractivity contribution < 1.29 is 19.4 Å². The Morgan fingerprint density at radius 3 is 2.94 bits per heavy atom. The normalized spacial score (nSPS) is 11.9. The number of carbonyl (C=O) groups excluding carboxylic acids is 1. The van der Waals surface area contributed by atoms with Crippen molar-refractivity contribution in [2.75, 3.05) is 26.9 Å². The van der Waals surface area contributed by atoms with Gasteiger partial charge in [0.2, 0.25) is 0 Å². The van der Waals surface area contributed by atoms with Crippen molar-refractivity contribution >= 4 is 5.91 Å². The van der Waals surface area contributed by atoms with Crippen LogP contribution in [0.4, 0.5) is 0 Å². The maximum Gasteiger partial charge on any atom is 0.258 e. The number of hydrogen-bond donors (Lipinski definition) is 2. The van der Waals surface area contributed by atoms with E-state index in [-0.39, 0.29) is 25.7 Å². The van der Waals surface area contributed by atoms with E-state index in [9.17, 15) is 9.90 Å². The van der Waals surface area contributed by atoms with Crippen LogP contribution in [0.1, 0.15) is 5.56 Å². The molecule has 5 nitrogen and oxygen atoms in total. The Balaban J connectivity index is 2.25. The van der Waals surface area contributed by atoms with Gasteiger partial charge < -0.3 is 19.9 Å². The van der Waals surface area contributed by atoms with Gasteiger partial charge in [-0.1, -0.05) is 12.1 Å². The third-order valence-corrected chi connectivity index (χ3v) is 2.25. The topological polar surface area (TPSA) is 67.8 Å². The van der Waals surface area contributed by atoms with Crippen LogP contribution >= 0.6 is 0 Å². The van der Waals surface area contributed by atoms with E-state index < -0.39 is 6.10 Å². The summed E-state index contributed by atoms with van der Waals surface area (Å²) in [6.45, 7) is 2.24. The van der Waals surface area contributed by atoms with Gasteiger partial charge in [-0.2, -0.15) is 0 Å². The Morgan fingerprint density at radius 2 is 2.28 bits per heavy atom. The van der Waals surface area contributed by atoms with Gasteiger partial charge in [0.1, 0.15) is 5.75 Å². The van der Waals surface area contributed by atoms with Gasteiger partial charge in [0, 0.05) is 13.7 Å². The zero-order chi connectivity index (χ0) is 13.4. The minimum Gasteiger partial charge on any atom is -0.484 e. The number of benzene rings is 1. The first-order valence-corrected chi connectivity index (χ1v) is 5.75. The number of carbonyl (C=O) groups is 1. The molecule has 1 unspecified atom stereocenters. The molecule has 18 heavy (non-hydrogen) atoms. The average molecular weight is 253 g/mol. The maximum atomic E-state index is 11.4. The molecule has 0 saturated carbocycles. The Morgan fingerprint density at radius 1 is 1.50 bits per heavy atom. The lowest BCUT2D eigenvalue weighted by atomic mass is 10.2. The van der Waals surface area contributed by atoms with Crippen molar-refractivity contribution in [3.63, 3.8) is 0 Å². The summed E-state index contributed by atoms with van der Waals surface area (Å²) in [5, 5.41) is 11.9. The average Bonchev–Trinajstić information content (AvgIpc) is 2.34. The molecule has 0 spiro atoms. The molecule has 0 aromatic heterocycles. The van der Waals surface area contributed by atoms with Crippen LogP contribution in [0.3, 0.4) is 0 Å². The molecule has 0 heterocycles. The van der Waals surface area contributed by atoms with Crippen molar-refractivity contribution in [2.24, 2.45) is 0 Å². The van der Waals surface area contributed by atoms with Gasteiger partial charge in [0.25, 0.3) is 5.91 Å². The minimum atomic E-state index is -0.696. The lowest BCUT2D eigenvalue weighted by molar-refractivity contribution is -0.123. The van der Waals surface area contributed by atoms with E-state index in [2.05, 4.69) is 5.32 Å². The zero-order valence-corrected chi connectivity index (χ0v) is 10.7. The smallest absolute Gasteiger partial charge is 0.258 e. The molecule has 100 valence electrons. The highest BCUT2D eigenvalue weighted by Crippen LogP contribution is 2.11. The van der Waals surface area contributed by atoms with Crippen molar-refractivity contribution in [1.29, 1.82) is 0 Å². The van der Waals surface area contributed by atoms with Crippen LogP contribution in [0, 0.1) is 6.92 Å². The van der Waals surface area contributed by atoms with E-state index in [1.165, 1.54) is 7.11 Å². The predicted octanol–water partition coefficient (Wildman–Crippen LogP) is 0.497. The highest BCUT2D eigenvalue weighted by atomic mass is 16.5. The first-order valence-electron chi connectivity index (χ1n) is 5.75. The van der Waals surface area contributed by atoms with E-state index in [0.717, 1.165) is 5.56 Å². The van der Waals surface area contributed by atoms with Crippen LogP contribution in [0.15, 0.2) is 24.3 Å². The molecular weight excluding hydrogens is 234 g/mol. The first-order chi connectivity index (χ1) is 8.61. The van der Waals surface area contributed by atoms with Crippen molar-refractivity contribution in [3.8, 4) is 5.75 Å². The Labute approximate surface area is 107 Å². The molecule has 0 bridgehead atoms. The molecule has 1 rings (SSSR count). The third-order valence-electron chi connectivity index (χ3n) is 2.25. The van der Waals surface area contributed by atoms with Gasteiger partial charge in [-0.3, -0.25) is 4.79 Å².